The number of hydrogen-bond acceptors (Lipinski definition) is 5. The second-order valence-corrected chi connectivity index (χ2v) is 7.29. The highest BCUT2D eigenvalue weighted by molar-refractivity contribution is 6.30. The number of benzene rings is 3. The number of anilines is 1. The fraction of sp³-hybridized carbons (Fsp3) is 0.0417. The topological polar surface area (TPSA) is 63.8 Å². The van der Waals surface area contributed by atoms with Crippen molar-refractivity contribution in [3.8, 4) is 22.6 Å². The quantitative estimate of drug-likeness (QED) is 0.371. The SMILES string of the molecule is Clc1ccc(-c2onc3ccc(-c4ccnc(NCc5ccccc5)n4)cc23)cc1. The van der Waals surface area contributed by atoms with Crippen LogP contribution in [0, 0.1) is 0 Å². The molecule has 0 atom stereocenters. The second kappa shape index (κ2) is 7.97. The molecule has 0 fully saturated rings. The van der Waals surface area contributed by atoms with Crippen molar-refractivity contribution in [3.05, 3.63) is 95.6 Å². The first kappa shape index (κ1) is 18.3. The van der Waals surface area contributed by atoms with Gasteiger partial charge in [0.2, 0.25) is 5.95 Å². The summed E-state index contributed by atoms with van der Waals surface area (Å²) in [6, 6.07) is 25.5. The Kier molecular flexibility index (Phi) is 4.87. The molecule has 0 aliphatic rings. The summed E-state index contributed by atoms with van der Waals surface area (Å²) in [5.74, 6) is 1.29. The van der Waals surface area contributed by atoms with Gasteiger partial charge < -0.3 is 9.84 Å². The smallest absolute Gasteiger partial charge is 0.223 e. The lowest BCUT2D eigenvalue weighted by Crippen LogP contribution is -2.03. The summed E-state index contributed by atoms with van der Waals surface area (Å²) in [6.07, 6.45) is 1.76. The van der Waals surface area contributed by atoms with Crippen molar-refractivity contribution < 1.29 is 4.52 Å². The van der Waals surface area contributed by atoms with Gasteiger partial charge in [-0.1, -0.05) is 53.2 Å². The van der Waals surface area contributed by atoms with Gasteiger partial charge in [0.05, 0.1) is 11.1 Å². The molecule has 0 spiro atoms. The molecule has 0 saturated carbocycles. The maximum Gasteiger partial charge on any atom is 0.223 e. The monoisotopic (exact) mass is 412 g/mol. The van der Waals surface area contributed by atoms with Crippen molar-refractivity contribution in [2.75, 3.05) is 5.32 Å². The summed E-state index contributed by atoms with van der Waals surface area (Å²) in [6.45, 7) is 0.662. The molecule has 0 aliphatic carbocycles. The van der Waals surface area contributed by atoms with Crippen molar-refractivity contribution in [3.63, 3.8) is 0 Å². The molecule has 6 heteroatoms. The third-order valence-electron chi connectivity index (χ3n) is 4.83. The predicted octanol–water partition coefficient (Wildman–Crippen LogP) is 6.22. The Morgan fingerprint density at radius 1 is 0.867 bits per heavy atom. The summed E-state index contributed by atoms with van der Waals surface area (Å²) in [5, 5.41) is 9.06. The van der Waals surface area contributed by atoms with E-state index in [9.17, 15) is 0 Å². The molecule has 5 aromatic rings. The molecule has 3 aromatic carbocycles. The van der Waals surface area contributed by atoms with Crippen LogP contribution in [0.5, 0.6) is 0 Å². The molecule has 2 heterocycles. The van der Waals surface area contributed by atoms with Gasteiger partial charge in [0.1, 0.15) is 5.52 Å². The Bertz CT molecular complexity index is 1300. The first-order valence-electron chi connectivity index (χ1n) is 9.53. The molecule has 2 aromatic heterocycles. The molecular formula is C24H17ClN4O. The van der Waals surface area contributed by atoms with E-state index in [4.69, 9.17) is 16.1 Å². The molecule has 0 amide bonds. The summed E-state index contributed by atoms with van der Waals surface area (Å²) < 4.78 is 5.60. The minimum absolute atomic E-state index is 0.583. The molecule has 1 N–H and O–H groups in total. The van der Waals surface area contributed by atoms with Crippen molar-refractivity contribution >= 4 is 28.5 Å². The van der Waals surface area contributed by atoms with Crippen LogP contribution >= 0.6 is 11.6 Å². The fourth-order valence-corrected chi connectivity index (χ4v) is 3.42. The molecule has 0 aliphatic heterocycles. The van der Waals surface area contributed by atoms with Crippen LogP contribution < -0.4 is 5.32 Å². The first-order chi connectivity index (χ1) is 14.8. The number of nitrogens with one attached hydrogen (secondary N) is 1. The van der Waals surface area contributed by atoms with Crippen molar-refractivity contribution in [1.29, 1.82) is 0 Å². The van der Waals surface area contributed by atoms with Crippen LogP contribution in [-0.2, 0) is 6.54 Å². The maximum atomic E-state index is 6.01. The molecule has 5 nitrogen and oxygen atoms in total. The fourth-order valence-electron chi connectivity index (χ4n) is 3.29. The van der Waals surface area contributed by atoms with Crippen LogP contribution in [0.4, 0.5) is 5.95 Å². The van der Waals surface area contributed by atoms with Gasteiger partial charge >= 0.3 is 0 Å². The molecule has 0 radical (unpaired) electrons. The minimum atomic E-state index is 0.583. The standard InChI is InChI=1S/C24H17ClN4O/c25-19-9-6-17(7-10-19)23-20-14-18(8-11-22(20)29-30-23)21-12-13-26-24(28-21)27-15-16-4-2-1-3-5-16/h1-14H,15H2,(H,26,27,28). The lowest BCUT2D eigenvalue weighted by molar-refractivity contribution is 0.441. The van der Waals surface area contributed by atoms with Crippen LogP contribution in [0.25, 0.3) is 33.5 Å². The lowest BCUT2D eigenvalue weighted by atomic mass is 10.0. The zero-order valence-corrected chi connectivity index (χ0v) is 16.7. The Balaban J connectivity index is 1.46. The Morgan fingerprint density at radius 3 is 2.50 bits per heavy atom. The van der Waals surface area contributed by atoms with Crippen LogP contribution in [0.3, 0.4) is 0 Å². The normalized spacial score (nSPS) is 11.0. The second-order valence-electron chi connectivity index (χ2n) is 6.86. The number of hydrogen-bond donors (Lipinski definition) is 1. The minimum Gasteiger partial charge on any atom is -0.355 e. The Morgan fingerprint density at radius 2 is 1.67 bits per heavy atom. The molecule has 5 rings (SSSR count). The van der Waals surface area contributed by atoms with Crippen molar-refractivity contribution in [1.82, 2.24) is 15.1 Å². The van der Waals surface area contributed by atoms with Crippen LogP contribution in [-0.4, -0.2) is 15.1 Å². The molecule has 0 saturated heterocycles. The van der Waals surface area contributed by atoms with Crippen LogP contribution in [0.15, 0.2) is 89.6 Å². The molecule has 30 heavy (non-hydrogen) atoms. The third kappa shape index (κ3) is 3.75. The van der Waals surface area contributed by atoms with Gasteiger partial charge in [-0.25, -0.2) is 9.97 Å². The van der Waals surface area contributed by atoms with E-state index in [2.05, 4.69) is 32.6 Å². The number of halogens is 1. The third-order valence-corrected chi connectivity index (χ3v) is 5.08. The van der Waals surface area contributed by atoms with E-state index in [1.165, 1.54) is 5.56 Å². The van der Waals surface area contributed by atoms with E-state index in [0.29, 0.717) is 23.3 Å². The highest BCUT2D eigenvalue weighted by atomic mass is 35.5. The predicted molar refractivity (Wildman–Crippen MR) is 119 cm³/mol. The largest absolute Gasteiger partial charge is 0.355 e. The highest BCUT2D eigenvalue weighted by Crippen LogP contribution is 2.32. The average Bonchev–Trinajstić information content (AvgIpc) is 3.22. The zero-order valence-electron chi connectivity index (χ0n) is 15.9. The number of nitrogens with zero attached hydrogens (tertiary/aromatic N) is 3. The lowest BCUT2D eigenvalue weighted by Gasteiger charge is -2.07. The molecular weight excluding hydrogens is 396 g/mol. The summed E-state index contributed by atoms with van der Waals surface area (Å²) in [5.41, 5.74) is 4.67. The van der Waals surface area contributed by atoms with E-state index in [1.807, 2.05) is 66.7 Å². The van der Waals surface area contributed by atoms with Crippen LogP contribution in [0.2, 0.25) is 5.02 Å². The summed E-state index contributed by atoms with van der Waals surface area (Å²) in [7, 11) is 0. The van der Waals surface area contributed by atoms with Gasteiger partial charge in [0, 0.05) is 28.9 Å². The van der Waals surface area contributed by atoms with E-state index >= 15 is 0 Å². The van der Waals surface area contributed by atoms with Gasteiger partial charge in [-0.3, -0.25) is 0 Å². The Hall–Kier alpha value is -3.70. The molecule has 0 bridgehead atoms. The van der Waals surface area contributed by atoms with Gasteiger partial charge in [0.25, 0.3) is 0 Å². The summed E-state index contributed by atoms with van der Waals surface area (Å²) in [4.78, 5) is 9.01. The van der Waals surface area contributed by atoms with Gasteiger partial charge in [0.15, 0.2) is 5.76 Å². The Labute approximate surface area is 178 Å². The van der Waals surface area contributed by atoms with E-state index < -0.39 is 0 Å². The molecule has 0 unspecified atom stereocenters. The van der Waals surface area contributed by atoms with E-state index in [0.717, 1.165) is 27.7 Å². The number of fused-ring (bicyclic) bond motifs is 1. The first-order valence-corrected chi connectivity index (χ1v) is 9.91. The van der Waals surface area contributed by atoms with Gasteiger partial charge in [-0.15, -0.1) is 0 Å². The summed E-state index contributed by atoms with van der Waals surface area (Å²) >= 11 is 6.01. The maximum absolute atomic E-state index is 6.01. The van der Waals surface area contributed by atoms with Crippen molar-refractivity contribution in [2.45, 2.75) is 6.54 Å². The highest BCUT2D eigenvalue weighted by Gasteiger charge is 2.13. The zero-order chi connectivity index (χ0) is 20.3. The van der Waals surface area contributed by atoms with Gasteiger partial charge in [-0.05, 0) is 48.0 Å². The van der Waals surface area contributed by atoms with E-state index in [-0.39, 0.29) is 0 Å². The number of rotatable bonds is 5. The van der Waals surface area contributed by atoms with E-state index in [1.54, 1.807) is 6.20 Å². The average molecular weight is 413 g/mol. The van der Waals surface area contributed by atoms with Gasteiger partial charge in [-0.2, -0.15) is 0 Å². The van der Waals surface area contributed by atoms with Crippen molar-refractivity contribution in [2.24, 2.45) is 0 Å². The van der Waals surface area contributed by atoms with Crippen LogP contribution in [0.1, 0.15) is 5.56 Å². The number of aromatic nitrogens is 3. The molecule has 146 valence electrons.